The summed E-state index contributed by atoms with van der Waals surface area (Å²) in [5.41, 5.74) is 0. The molecule has 0 N–H and O–H groups in total. The van der Waals surface area contributed by atoms with E-state index in [2.05, 4.69) is 11.1 Å². The molecule has 0 aromatic heterocycles. The molecule has 4 heteroatoms. The largest absolute Gasteiger partial charge is 0.272 e. The molecule has 18 heavy (non-hydrogen) atoms. The summed E-state index contributed by atoms with van der Waals surface area (Å²) in [7, 11) is -2.64. The summed E-state index contributed by atoms with van der Waals surface area (Å²) >= 11 is 0. The summed E-state index contributed by atoms with van der Waals surface area (Å²) in [6.45, 7) is 2.61. The molecular formula is C14H30O3S. The van der Waals surface area contributed by atoms with Crippen LogP contribution in [0, 0.1) is 0 Å². The Morgan fingerprint density at radius 3 is 1.44 bits per heavy atom. The van der Waals surface area contributed by atoms with Crippen molar-refractivity contribution in [1.29, 1.82) is 0 Å². The first kappa shape index (κ1) is 17.9. The van der Waals surface area contributed by atoms with Crippen LogP contribution in [-0.2, 0) is 15.2 Å². The number of thiol groups is 1. The van der Waals surface area contributed by atoms with Gasteiger partial charge in [-0.3, -0.25) is 4.18 Å². The maximum absolute atomic E-state index is 10.1. The quantitative estimate of drug-likeness (QED) is 0.382. The van der Waals surface area contributed by atoms with Gasteiger partial charge in [0.2, 0.25) is 0 Å². The molecule has 0 saturated carbocycles. The van der Waals surface area contributed by atoms with Crippen LogP contribution in [0.1, 0.15) is 84.0 Å². The van der Waals surface area contributed by atoms with E-state index in [9.17, 15) is 8.42 Å². The molecule has 110 valence electrons. The van der Waals surface area contributed by atoms with Crippen molar-refractivity contribution >= 4 is 11.0 Å². The normalized spacial score (nSPS) is 11.2. The number of unbranched alkanes of at least 4 members (excludes halogenated alkanes) is 11. The van der Waals surface area contributed by atoms with Crippen LogP contribution in [0.3, 0.4) is 0 Å². The minimum atomic E-state index is -2.64. The number of hydrogen-bond acceptors (Lipinski definition) is 3. The second-order valence-electron chi connectivity index (χ2n) is 4.95. The van der Waals surface area contributed by atoms with E-state index in [1.54, 1.807) is 0 Å². The van der Waals surface area contributed by atoms with Crippen molar-refractivity contribution in [3.8, 4) is 0 Å². The number of rotatable bonds is 14. The molecule has 0 heterocycles. The molecule has 0 spiro atoms. The first-order chi connectivity index (χ1) is 8.77. The Balaban J connectivity index is 2.94. The van der Waals surface area contributed by atoms with Gasteiger partial charge in [-0.05, 0) is 6.42 Å². The fourth-order valence-corrected chi connectivity index (χ4v) is 2.36. The summed E-state index contributed by atoms with van der Waals surface area (Å²) in [6.07, 6.45) is 15.4. The second kappa shape index (κ2) is 15.0. The van der Waals surface area contributed by atoms with Gasteiger partial charge in [0.25, 0.3) is 11.0 Å². The van der Waals surface area contributed by atoms with Gasteiger partial charge in [-0.1, -0.05) is 77.6 Å². The van der Waals surface area contributed by atoms with Gasteiger partial charge in [-0.2, -0.15) is 0 Å². The monoisotopic (exact) mass is 278 g/mol. The molecule has 0 bridgehead atoms. The van der Waals surface area contributed by atoms with Crippen molar-refractivity contribution in [2.24, 2.45) is 0 Å². The molecular weight excluding hydrogens is 248 g/mol. The summed E-state index contributed by atoms with van der Waals surface area (Å²) in [5.74, 6) is 0. The Kier molecular flexibility index (Phi) is 14.9. The van der Waals surface area contributed by atoms with Crippen molar-refractivity contribution in [2.45, 2.75) is 84.0 Å². The molecule has 0 aromatic carbocycles. The van der Waals surface area contributed by atoms with Crippen LogP contribution >= 0.6 is 0 Å². The van der Waals surface area contributed by atoms with Gasteiger partial charge in [-0.15, -0.1) is 0 Å². The molecule has 0 aliphatic rings. The Bertz CT molecular complexity index is 219. The van der Waals surface area contributed by atoms with Gasteiger partial charge in [-0.25, -0.2) is 8.42 Å². The smallest absolute Gasteiger partial charge is 0.257 e. The van der Waals surface area contributed by atoms with E-state index >= 15 is 0 Å². The predicted octanol–water partition coefficient (Wildman–Crippen LogP) is 4.23. The van der Waals surface area contributed by atoms with Crippen molar-refractivity contribution < 1.29 is 12.6 Å². The van der Waals surface area contributed by atoms with Gasteiger partial charge in [0.05, 0.1) is 6.61 Å². The SMILES string of the molecule is CCCCCCCCCCCCCCO[SH](=O)=O. The highest BCUT2D eigenvalue weighted by molar-refractivity contribution is 7.67. The van der Waals surface area contributed by atoms with Crippen molar-refractivity contribution in [3.63, 3.8) is 0 Å². The molecule has 0 aliphatic heterocycles. The van der Waals surface area contributed by atoms with Crippen LogP contribution in [-0.4, -0.2) is 15.0 Å². The first-order valence-electron chi connectivity index (χ1n) is 7.54. The predicted molar refractivity (Wildman–Crippen MR) is 77.3 cm³/mol. The molecule has 0 aliphatic carbocycles. The highest BCUT2D eigenvalue weighted by atomic mass is 32.2. The zero-order chi connectivity index (χ0) is 13.5. The molecule has 0 rings (SSSR count). The van der Waals surface area contributed by atoms with E-state index in [1.165, 1.54) is 64.2 Å². The lowest BCUT2D eigenvalue weighted by Gasteiger charge is -2.02. The van der Waals surface area contributed by atoms with E-state index in [0.717, 1.165) is 12.8 Å². The average molecular weight is 278 g/mol. The third-order valence-corrected chi connectivity index (χ3v) is 3.59. The van der Waals surface area contributed by atoms with Crippen LogP contribution in [0.25, 0.3) is 0 Å². The lowest BCUT2D eigenvalue weighted by Crippen LogP contribution is -1.92. The molecule has 3 nitrogen and oxygen atoms in total. The third-order valence-electron chi connectivity index (χ3n) is 3.19. The van der Waals surface area contributed by atoms with Crippen LogP contribution in [0.2, 0.25) is 0 Å². The summed E-state index contributed by atoms with van der Waals surface area (Å²) in [5, 5.41) is 0. The van der Waals surface area contributed by atoms with E-state index in [4.69, 9.17) is 0 Å². The molecule has 0 amide bonds. The van der Waals surface area contributed by atoms with Gasteiger partial charge in [0.15, 0.2) is 0 Å². The van der Waals surface area contributed by atoms with E-state index in [0.29, 0.717) is 6.61 Å². The highest BCUT2D eigenvalue weighted by Gasteiger charge is 1.94. The topological polar surface area (TPSA) is 43.4 Å². The Morgan fingerprint density at radius 2 is 1.06 bits per heavy atom. The molecule has 0 fully saturated rings. The molecule has 0 atom stereocenters. The maximum atomic E-state index is 10.1. The van der Waals surface area contributed by atoms with E-state index in [-0.39, 0.29) is 0 Å². The van der Waals surface area contributed by atoms with E-state index < -0.39 is 11.0 Å². The molecule has 0 saturated heterocycles. The maximum Gasteiger partial charge on any atom is 0.257 e. The average Bonchev–Trinajstić information content (AvgIpc) is 2.34. The summed E-state index contributed by atoms with van der Waals surface area (Å²) in [6, 6.07) is 0. The van der Waals surface area contributed by atoms with Crippen molar-refractivity contribution in [2.75, 3.05) is 6.61 Å². The second-order valence-corrected chi connectivity index (χ2v) is 5.65. The Labute approximate surface area is 114 Å². The van der Waals surface area contributed by atoms with Crippen LogP contribution in [0.5, 0.6) is 0 Å². The fourth-order valence-electron chi connectivity index (χ4n) is 2.08. The molecule has 0 radical (unpaired) electrons. The van der Waals surface area contributed by atoms with E-state index in [1.807, 2.05) is 0 Å². The lowest BCUT2D eigenvalue weighted by molar-refractivity contribution is 0.319. The van der Waals surface area contributed by atoms with Gasteiger partial charge in [0, 0.05) is 0 Å². The van der Waals surface area contributed by atoms with Gasteiger partial charge in [0.1, 0.15) is 0 Å². The molecule has 0 unspecified atom stereocenters. The molecule has 0 aromatic rings. The minimum Gasteiger partial charge on any atom is -0.272 e. The summed E-state index contributed by atoms with van der Waals surface area (Å²) in [4.78, 5) is 0. The fraction of sp³-hybridized carbons (Fsp3) is 1.00. The zero-order valence-corrected chi connectivity index (χ0v) is 12.8. The Hall–Kier alpha value is -0.0900. The number of hydrogen-bond donors (Lipinski definition) is 1. The summed E-state index contributed by atoms with van der Waals surface area (Å²) < 4.78 is 24.7. The van der Waals surface area contributed by atoms with Crippen LogP contribution in [0.4, 0.5) is 0 Å². The zero-order valence-electron chi connectivity index (χ0n) is 11.9. The third kappa shape index (κ3) is 15.9. The minimum absolute atomic E-state index is 0.357. The highest BCUT2D eigenvalue weighted by Crippen LogP contribution is 2.11. The van der Waals surface area contributed by atoms with Gasteiger partial charge >= 0.3 is 0 Å². The Morgan fingerprint density at radius 1 is 0.667 bits per heavy atom. The van der Waals surface area contributed by atoms with Crippen LogP contribution in [0.15, 0.2) is 0 Å². The standard InChI is InChI=1S/C14H30O3S/c1-2-3-4-5-6-7-8-9-10-11-12-13-14-17-18(15)16/h18H,2-14H2,1H3. The van der Waals surface area contributed by atoms with Crippen LogP contribution < -0.4 is 0 Å². The van der Waals surface area contributed by atoms with Gasteiger partial charge < -0.3 is 0 Å². The first-order valence-corrected chi connectivity index (χ1v) is 8.64. The van der Waals surface area contributed by atoms with Crippen molar-refractivity contribution in [1.82, 2.24) is 0 Å². The lowest BCUT2D eigenvalue weighted by atomic mass is 10.1. The van der Waals surface area contributed by atoms with Crippen molar-refractivity contribution in [3.05, 3.63) is 0 Å².